The third-order valence-corrected chi connectivity index (χ3v) is 5.06. The summed E-state index contributed by atoms with van der Waals surface area (Å²) in [7, 11) is -1.58. The molecule has 1 rings (SSSR count). The van der Waals surface area contributed by atoms with Crippen molar-refractivity contribution in [2.75, 3.05) is 6.54 Å². The molecule has 0 bridgehead atoms. The third kappa shape index (κ3) is 3.97. The van der Waals surface area contributed by atoms with Gasteiger partial charge in [0.15, 0.2) is 15.3 Å². The van der Waals surface area contributed by atoms with E-state index in [1.807, 2.05) is 0 Å². The third-order valence-electron chi connectivity index (χ3n) is 2.66. The van der Waals surface area contributed by atoms with Crippen molar-refractivity contribution in [1.29, 1.82) is 0 Å². The molecule has 0 spiro atoms. The lowest BCUT2D eigenvalue weighted by Crippen LogP contribution is -2.28. The first kappa shape index (κ1) is 15.0. The topological polar surface area (TPSA) is 37.4 Å². The van der Waals surface area contributed by atoms with Crippen LogP contribution < -0.4 is 0 Å². The van der Waals surface area contributed by atoms with Gasteiger partial charge >= 0.3 is 0 Å². The second-order valence-corrected chi connectivity index (χ2v) is 6.34. The maximum absolute atomic E-state index is 11.6. The molecule has 98 valence electrons. The highest BCUT2D eigenvalue weighted by Gasteiger charge is 2.35. The number of unbranched alkanes of at least 4 members (excludes halogenated alkanes) is 5. The molecule has 3 nitrogen and oxygen atoms in total. The Bertz CT molecular complexity index is 320. The summed E-state index contributed by atoms with van der Waals surface area (Å²) >= 11 is 11.3. The van der Waals surface area contributed by atoms with Gasteiger partial charge in [-0.15, -0.1) is 0 Å². The quantitative estimate of drug-likeness (QED) is 0.675. The molecule has 1 heterocycles. The molecule has 1 atom stereocenters. The van der Waals surface area contributed by atoms with E-state index in [0.29, 0.717) is 6.54 Å². The fraction of sp³-hybridized carbons (Fsp3) is 0.727. The normalized spacial score (nSPS) is 20.5. The van der Waals surface area contributed by atoms with E-state index in [9.17, 15) is 9.00 Å². The molecule has 0 fully saturated rings. The van der Waals surface area contributed by atoms with Crippen molar-refractivity contribution in [3.05, 3.63) is 9.40 Å². The van der Waals surface area contributed by atoms with Crippen molar-refractivity contribution in [1.82, 2.24) is 4.31 Å². The fourth-order valence-corrected chi connectivity index (χ4v) is 3.31. The Labute approximate surface area is 115 Å². The van der Waals surface area contributed by atoms with Crippen molar-refractivity contribution in [2.45, 2.75) is 45.4 Å². The van der Waals surface area contributed by atoms with Crippen LogP contribution in [0, 0.1) is 0 Å². The number of hydrogen-bond acceptors (Lipinski definition) is 2. The van der Waals surface area contributed by atoms with E-state index < -0.39 is 16.9 Å². The van der Waals surface area contributed by atoms with Crippen LogP contribution in [0.15, 0.2) is 9.40 Å². The van der Waals surface area contributed by atoms with Gasteiger partial charge in [-0.1, -0.05) is 62.2 Å². The zero-order chi connectivity index (χ0) is 12.8. The summed E-state index contributed by atoms with van der Waals surface area (Å²) in [5.41, 5.74) is 0. The smallest absolute Gasteiger partial charge is 0.267 e. The summed E-state index contributed by atoms with van der Waals surface area (Å²) in [5, 5.41) is -0.101. The van der Waals surface area contributed by atoms with E-state index in [4.69, 9.17) is 23.2 Å². The lowest BCUT2D eigenvalue weighted by molar-refractivity contribution is -0.121. The summed E-state index contributed by atoms with van der Waals surface area (Å²) in [6, 6.07) is 0. The Balaban J connectivity index is 2.26. The average Bonchev–Trinajstić information content (AvgIpc) is 2.50. The van der Waals surface area contributed by atoms with Gasteiger partial charge in [-0.05, 0) is 6.42 Å². The highest BCUT2D eigenvalue weighted by atomic mass is 35.5. The van der Waals surface area contributed by atoms with Crippen LogP contribution in [0.25, 0.3) is 0 Å². The summed E-state index contributed by atoms with van der Waals surface area (Å²) in [5.74, 6) is -0.413. The highest BCUT2D eigenvalue weighted by molar-refractivity contribution is 7.89. The molecule has 0 saturated heterocycles. The van der Waals surface area contributed by atoms with Crippen molar-refractivity contribution < 1.29 is 9.00 Å². The van der Waals surface area contributed by atoms with E-state index in [-0.39, 0.29) is 9.40 Å². The van der Waals surface area contributed by atoms with Crippen LogP contribution in [0.1, 0.15) is 45.4 Å². The largest absolute Gasteiger partial charge is 0.279 e. The molecular formula is C11H17Cl2NO2S. The fourth-order valence-electron chi connectivity index (χ4n) is 1.66. The first-order valence-electron chi connectivity index (χ1n) is 5.88. The van der Waals surface area contributed by atoms with Gasteiger partial charge in [0.1, 0.15) is 5.03 Å². The SMILES string of the molecule is CCCCCCCCN1C(=O)C(Cl)=C(Cl)S1=O. The monoisotopic (exact) mass is 297 g/mol. The maximum atomic E-state index is 11.6. The molecular weight excluding hydrogens is 281 g/mol. The van der Waals surface area contributed by atoms with Gasteiger partial charge in [0, 0.05) is 6.54 Å². The molecule has 1 aliphatic heterocycles. The Morgan fingerprint density at radius 3 is 2.24 bits per heavy atom. The number of halogens is 2. The maximum Gasteiger partial charge on any atom is 0.279 e. The second kappa shape index (κ2) is 7.39. The number of nitrogens with zero attached hydrogens (tertiary/aromatic N) is 1. The molecule has 17 heavy (non-hydrogen) atoms. The summed E-state index contributed by atoms with van der Waals surface area (Å²) in [4.78, 5) is 11.6. The Hall–Kier alpha value is -0.0600. The van der Waals surface area contributed by atoms with Gasteiger partial charge in [-0.2, -0.15) is 0 Å². The van der Waals surface area contributed by atoms with Gasteiger partial charge in [0.05, 0.1) is 0 Å². The lowest BCUT2D eigenvalue weighted by Gasteiger charge is -2.13. The number of amides is 1. The summed E-state index contributed by atoms with van der Waals surface area (Å²) < 4.78 is 12.8. The standard InChI is InChI=1S/C11H17Cl2NO2S/c1-2-3-4-5-6-7-8-14-11(15)9(12)10(13)17(14)16/h2-8H2,1H3. The summed E-state index contributed by atoms with van der Waals surface area (Å²) in [6.07, 6.45) is 6.70. The van der Waals surface area contributed by atoms with Crippen molar-refractivity contribution >= 4 is 40.1 Å². The highest BCUT2D eigenvalue weighted by Crippen LogP contribution is 2.30. The minimum atomic E-state index is -1.58. The van der Waals surface area contributed by atoms with Gasteiger partial charge in [-0.3, -0.25) is 9.10 Å². The molecule has 0 aliphatic carbocycles. The molecule has 0 radical (unpaired) electrons. The molecule has 0 saturated carbocycles. The van der Waals surface area contributed by atoms with Gasteiger partial charge in [0.25, 0.3) is 5.91 Å². The van der Waals surface area contributed by atoms with Crippen LogP contribution in [0.5, 0.6) is 0 Å². The van der Waals surface area contributed by atoms with Gasteiger partial charge < -0.3 is 0 Å². The van der Waals surface area contributed by atoms with E-state index in [1.165, 1.54) is 23.6 Å². The minimum Gasteiger partial charge on any atom is -0.267 e. The van der Waals surface area contributed by atoms with Gasteiger partial charge in [-0.25, -0.2) is 4.21 Å². The predicted octanol–water partition coefficient (Wildman–Crippen LogP) is 3.50. The molecule has 0 aromatic carbocycles. The number of carbonyl (C=O) groups excluding carboxylic acids is 1. The Morgan fingerprint density at radius 1 is 1.12 bits per heavy atom. The molecule has 0 N–H and O–H groups in total. The molecule has 1 aliphatic rings. The predicted molar refractivity (Wildman–Crippen MR) is 72.0 cm³/mol. The lowest BCUT2D eigenvalue weighted by atomic mass is 10.1. The van der Waals surface area contributed by atoms with Crippen LogP contribution in [0.4, 0.5) is 0 Å². The molecule has 1 amide bonds. The van der Waals surface area contributed by atoms with E-state index >= 15 is 0 Å². The van der Waals surface area contributed by atoms with Crippen LogP contribution >= 0.6 is 23.2 Å². The van der Waals surface area contributed by atoms with Crippen molar-refractivity contribution in [2.24, 2.45) is 0 Å². The zero-order valence-corrected chi connectivity index (χ0v) is 12.2. The number of rotatable bonds is 7. The van der Waals surface area contributed by atoms with E-state index in [0.717, 1.165) is 19.3 Å². The van der Waals surface area contributed by atoms with Crippen LogP contribution in [0.3, 0.4) is 0 Å². The molecule has 0 aromatic rings. The Morgan fingerprint density at radius 2 is 1.71 bits per heavy atom. The van der Waals surface area contributed by atoms with E-state index in [1.54, 1.807) is 0 Å². The zero-order valence-electron chi connectivity index (χ0n) is 9.88. The molecule has 0 aromatic heterocycles. The molecule has 1 unspecified atom stereocenters. The van der Waals surface area contributed by atoms with Gasteiger partial charge in [0.2, 0.25) is 0 Å². The Kier molecular flexibility index (Phi) is 6.52. The van der Waals surface area contributed by atoms with Crippen molar-refractivity contribution in [3.63, 3.8) is 0 Å². The number of carbonyl (C=O) groups is 1. The van der Waals surface area contributed by atoms with Crippen LogP contribution in [0.2, 0.25) is 0 Å². The van der Waals surface area contributed by atoms with Crippen LogP contribution in [-0.2, 0) is 15.8 Å². The average molecular weight is 298 g/mol. The van der Waals surface area contributed by atoms with Crippen LogP contribution in [-0.4, -0.2) is 21.0 Å². The first-order chi connectivity index (χ1) is 8.09. The first-order valence-corrected chi connectivity index (χ1v) is 7.75. The molecule has 6 heteroatoms. The second-order valence-electron chi connectivity index (χ2n) is 4.01. The van der Waals surface area contributed by atoms with E-state index in [2.05, 4.69) is 6.92 Å². The number of hydrogen-bond donors (Lipinski definition) is 0. The van der Waals surface area contributed by atoms with Crippen molar-refractivity contribution in [3.8, 4) is 0 Å². The minimum absolute atomic E-state index is 0.0392. The summed E-state index contributed by atoms with van der Waals surface area (Å²) in [6.45, 7) is 2.63.